The van der Waals surface area contributed by atoms with Crippen LogP contribution in [-0.4, -0.2) is 23.3 Å². The van der Waals surface area contributed by atoms with E-state index in [0.29, 0.717) is 0 Å². The molecule has 1 heterocycles. The Balaban J connectivity index is 2.04. The Labute approximate surface area is 134 Å². The lowest BCUT2D eigenvalue weighted by molar-refractivity contribution is 0.668. The fourth-order valence-corrected chi connectivity index (χ4v) is 3.87. The van der Waals surface area contributed by atoms with Crippen LogP contribution in [0.25, 0.3) is 10.6 Å². The van der Waals surface area contributed by atoms with Crippen molar-refractivity contribution in [2.24, 2.45) is 0 Å². The van der Waals surface area contributed by atoms with Crippen LogP contribution in [0.4, 0.5) is 0 Å². The summed E-state index contributed by atoms with van der Waals surface area (Å²) in [4.78, 5) is 0. The fraction of sp³-hybridized carbons (Fsp3) is 0.385. The molecule has 0 aliphatic rings. The normalized spacial score (nSPS) is 10.9. The largest absolute Gasteiger partial charge is 0.316 e. The Kier molecular flexibility index (Phi) is 5.94. The number of aromatic nitrogens is 2. The van der Waals surface area contributed by atoms with E-state index in [1.54, 1.807) is 11.3 Å². The maximum Gasteiger partial charge on any atom is 0.148 e. The minimum absolute atomic E-state index is 0.936. The zero-order chi connectivity index (χ0) is 13.7. The molecular formula is C13H15Br2N3S. The van der Waals surface area contributed by atoms with E-state index in [-0.39, 0.29) is 0 Å². The van der Waals surface area contributed by atoms with E-state index >= 15 is 0 Å². The first-order chi connectivity index (χ1) is 9.20. The zero-order valence-electron chi connectivity index (χ0n) is 10.6. The summed E-state index contributed by atoms with van der Waals surface area (Å²) in [6.45, 7) is 4.19. The smallest absolute Gasteiger partial charge is 0.148 e. The SMILES string of the molecule is CCCNCCc1nnc(-c2ccc(Br)cc2Br)s1. The van der Waals surface area contributed by atoms with Crippen LogP contribution in [0.5, 0.6) is 0 Å². The Morgan fingerprint density at radius 2 is 2.05 bits per heavy atom. The summed E-state index contributed by atoms with van der Waals surface area (Å²) in [5, 5.41) is 13.9. The molecule has 6 heteroatoms. The van der Waals surface area contributed by atoms with Gasteiger partial charge in [-0.2, -0.15) is 0 Å². The highest BCUT2D eigenvalue weighted by molar-refractivity contribution is 9.11. The summed E-state index contributed by atoms with van der Waals surface area (Å²) in [5.74, 6) is 0. The predicted octanol–water partition coefficient (Wildman–Crippen LogP) is 4.27. The molecule has 102 valence electrons. The molecule has 1 N–H and O–H groups in total. The van der Waals surface area contributed by atoms with Crippen LogP contribution < -0.4 is 5.32 Å². The second-order valence-electron chi connectivity index (χ2n) is 4.13. The van der Waals surface area contributed by atoms with Gasteiger partial charge in [-0.25, -0.2) is 0 Å². The van der Waals surface area contributed by atoms with Crippen molar-refractivity contribution < 1.29 is 0 Å². The lowest BCUT2D eigenvalue weighted by Gasteiger charge is -2.00. The van der Waals surface area contributed by atoms with Gasteiger partial charge in [0.05, 0.1) is 0 Å². The molecule has 0 fully saturated rings. The zero-order valence-corrected chi connectivity index (χ0v) is 14.6. The molecule has 0 aliphatic heterocycles. The minimum Gasteiger partial charge on any atom is -0.316 e. The average Bonchev–Trinajstić information content (AvgIpc) is 2.83. The van der Waals surface area contributed by atoms with E-state index in [0.717, 1.165) is 50.5 Å². The molecule has 0 saturated carbocycles. The van der Waals surface area contributed by atoms with E-state index < -0.39 is 0 Å². The lowest BCUT2D eigenvalue weighted by Crippen LogP contribution is -2.17. The van der Waals surface area contributed by atoms with E-state index in [2.05, 4.69) is 54.3 Å². The van der Waals surface area contributed by atoms with Gasteiger partial charge in [-0.1, -0.05) is 50.1 Å². The molecule has 0 spiro atoms. The standard InChI is InChI=1S/C13H15Br2N3S/c1-2-6-16-7-5-12-17-18-13(19-12)10-4-3-9(14)8-11(10)15/h3-4,8,16H,2,5-7H2,1H3. The molecule has 2 aromatic rings. The first kappa shape index (κ1) is 15.1. The van der Waals surface area contributed by atoms with Gasteiger partial charge in [0.25, 0.3) is 0 Å². The molecule has 0 radical (unpaired) electrons. The van der Waals surface area contributed by atoms with Crippen molar-refractivity contribution in [2.45, 2.75) is 19.8 Å². The molecule has 1 aromatic heterocycles. The van der Waals surface area contributed by atoms with Gasteiger partial charge in [0.15, 0.2) is 0 Å². The third-order valence-electron chi connectivity index (χ3n) is 2.57. The Hall–Kier alpha value is -0.300. The van der Waals surface area contributed by atoms with Crippen LogP contribution in [0.1, 0.15) is 18.4 Å². The van der Waals surface area contributed by atoms with E-state index in [4.69, 9.17) is 0 Å². The minimum atomic E-state index is 0.936. The van der Waals surface area contributed by atoms with Crippen LogP contribution in [-0.2, 0) is 6.42 Å². The molecule has 3 nitrogen and oxygen atoms in total. The average molecular weight is 405 g/mol. The number of hydrogen-bond donors (Lipinski definition) is 1. The molecule has 0 saturated heterocycles. The third-order valence-corrected chi connectivity index (χ3v) is 4.74. The summed E-state index contributed by atoms with van der Waals surface area (Å²) >= 11 is 8.67. The maximum absolute atomic E-state index is 4.27. The van der Waals surface area contributed by atoms with E-state index in [1.807, 2.05) is 18.2 Å². The van der Waals surface area contributed by atoms with Crippen LogP contribution in [0.2, 0.25) is 0 Å². The van der Waals surface area contributed by atoms with Crippen molar-refractivity contribution in [3.63, 3.8) is 0 Å². The molecule has 0 amide bonds. The van der Waals surface area contributed by atoms with Gasteiger partial charge in [0, 0.05) is 27.5 Å². The van der Waals surface area contributed by atoms with Crippen LogP contribution in [0.15, 0.2) is 27.1 Å². The number of hydrogen-bond acceptors (Lipinski definition) is 4. The topological polar surface area (TPSA) is 37.8 Å². The van der Waals surface area contributed by atoms with Crippen molar-refractivity contribution in [1.29, 1.82) is 0 Å². The Morgan fingerprint density at radius 1 is 1.21 bits per heavy atom. The maximum atomic E-state index is 4.27. The number of halogens is 2. The Bertz CT molecular complexity index is 542. The van der Waals surface area contributed by atoms with E-state index in [9.17, 15) is 0 Å². The van der Waals surface area contributed by atoms with Gasteiger partial charge in [-0.3, -0.25) is 0 Å². The van der Waals surface area contributed by atoms with Crippen LogP contribution >= 0.6 is 43.2 Å². The van der Waals surface area contributed by atoms with Crippen molar-refractivity contribution in [2.75, 3.05) is 13.1 Å². The van der Waals surface area contributed by atoms with Gasteiger partial charge < -0.3 is 5.32 Å². The highest BCUT2D eigenvalue weighted by Gasteiger charge is 2.10. The van der Waals surface area contributed by atoms with Crippen molar-refractivity contribution in [3.05, 3.63) is 32.2 Å². The predicted molar refractivity (Wildman–Crippen MR) is 87.6 cm³/mol. The monoisotopic (exact) mass is 403 g/mol. The first-order valence-corrected chi connectivity index (χ1v) is 8.59. The summed E-state index contributed by atoms with van der Waals surface area (Å²) in [6.07, 6.45) is 2.10. The second kappa shape index (κ2) is 7.47. The summed E-state index contributed by atoms with van der Waals surface area (Å²) < 4.78 is 2.09. The summed E-state index contributed by atoms with van der Waals surface area (Å²) in [7, 11) is 0. The Morgan fingerprint density at radius 3 is 2.79 bits per heavy atom. The van der Waals surface area contributed by atoms with Gasteiger partial charge in [0.1, 0.15) is 10.0 Å². The molecule has 0 aliphatic carbocycles. The van der Waals surface area contributed by atoms with Crippen LogP contribution in [0.3, 0.4) is 0 Å². The van der Waals surface area contributed by atoms with E-state index in [1.165, 1.54) is 0 Å². The quantitative estimate of drug-likeness (QED) is 0.730. The first-order valence-electron chi connectivity index (χ1n) is 6.19. The molecule has 19 heavy (non-hydrogen) atoms. The molecule has 0 atom stereocenters. The van der Waals surface area contributed by atoms with Crippen LogP contribution in [0, 0.1) is 0 Å². The van der Waals surface area contributed by atoms with Crippen molar-refractivity contribution in [3.8, 4) is 10.6 Å². The number of benzene rings is 1. The van der Waals surface area contributed by atoms with Gasteiger partial charge >= 0.3 is 0 Å². The van der Waals surface area contributed by atoms with Gasteiger partial charge in [0.2, 0.25) is 0 Å². The molecule has 0 bridgehead atoms. The highest BCUT2D eigenvalue weighted by atomic mass is 79.9. The second-order valence-corrected chi connectivity index (χ2v) is 6.96. The molecular weight excluding hydrogens is 390 g/mol. The number of nitrogens with zero attached hydrogens (tertiary/aromatic N) is 2. The highest BCUT2D eigenvalue weighted by Crippen LogP contribution is 2.32. The van der Waals surface area contributed by atoms with Crippen molar-refractivity contribution in [1.82, 2.24) is 15.5 Å². The molecule has 1 aromatic carbocycles. The fourth-order valence-electron chi connectivity index (χ4n) is 1.62. The number of nitrogens with one attached hydrogen (secondary N) is 1. The van der Waals surface area contributed by atoms with Gasteiger partial charge in [-0.05, 0) is 31.2 Å². The number of rotatable bonds is 6. The third kappa shape index (κ3) is 4.34. The lowest BCUT2D eigenvalue weighted by atomic mass is 10.2. The molecule has 0 unspecified atom stereocenters. The van der Waals surface area contributed by atoms with Gasteiger partial charge in [-0.15, -0.1) is 10.2 Å². The molecule has 2 rings (SSSR count). The summed E-state index contributed by atoms with van der Waals surface area (Å²) in [6, 6.07) is 6.09. The summed E-state index contributed by atoms with van der Waals surface area (Å²) in [5.41, 5.74) is 1.09. The van der Waals surface area contributed by atoms with Crippen molar-refractivity contribution >= 4 is 43.2 Å².